The lowest BCUT2D eigenvalue weighted by Gasteiger charge is -2.11. The molecule has 0 spiro atoms. The number of anilines is 2. The van der Waals surface area contributed by atoms with Gasteiger partial charge in [-0.2, -0.15) is 0 Å². The molecule has 0 fully saturated rings. The monoisotopic (exact) mass is 357 g/mol. The fourth-order valence-electron chi connectivity index (χ4n) is 2.25. The molecule has 25 heavy (non-hydrogen) atoms. The minimum Gasteiger partial charge on any atom is -0.484 e. The Labute approximate surface area is 153 Å². The largest absolute Gasteiger partial charge is 0.484 e. The molecule has 6 heteroatoms. The van der Waals surface area contributed by atoms with E-state index >= 15 is 0 Å². The average Bonchev–Trinajstić information content (AvgIpc) is 2.61. The molecule has 0 heterocycles. The van der Waals surface area contributed by atoms with Crippen LogP contribution >= 0.6 is 12.2 Å². The van der Waals surface area contributed by atoms with Crippen LogP contribution in [0.2, 0.25) is 0 Å². The summed E-state index contributed by atoms with van der Waals surface area (Å²) in [7, 11) is 0. The Hall–Kier alpha value is -2.60. The SMILES string of the molecule is CCC(C)c1ccc(OCC(=O)Nc2ccc(NC(N)=S)cc2)cc1. The minimum atomic E-state index is -0.221. The summed E-state index contributed by atoms with van der Waals surface area (Å²) in [6.07, 6.45) is 1.09. The van der Waals surface area contributed by atoms with Crippen LogP contribution in [0, 0.1) is 0 Å². The maximum absolute atomic E-state index is 12.0. The molecule has 0 bridgehead atoms. The predicted octanol–water partition coefficient (Wildman–Crippen LogP) is 3.87. The molecule has 5 nitrogen and oxygen atoms in total. The molecular weight excluding hydrogens is 334 g/mol. The van der Waals surface area contributed by atoms with E-state index in [1.54, 1.807) is 24.3 Å². The molecule has 1 unspecified atom stereocenters. The van der Waals surface area contributed by atoms with E-state index in [1.807, 2.05) is 24.3 Å². The number of nitrogens with two attached hydrogens (primary N) is 1. The van der Waals surface area contributed by atoms with E-state index < -0.39 is 0 Å². The van der Waals surface area contributed by atoms with Gasteiger partial charge >= 0.3 is 0 Å². The van der Waals surface area contributed by atoms with Gasteiger partial charge in [0.15, 0.2) is 11.7 Å². The van der Waals surface area contributed by atoms with E-state index in [9.17, 15) is 4.79 Å². The van der Waals surface area contributed by atoms with Gasteiger partial charge in [-0.25, -0.2) is 0 Å². The molecule has 132 valence electrons. The number of hydrogen-bond acceptors (Lipinski definition) is 3. The van der Waals surface area contributed by atoms with E-state index in [0.29, 0.717) is 17.4 Å². The van der Waals surface area contributed by atoms with Gasteiger partial charge in [-0.1, -0.05) is 26.0 Å². The van der Waals surface area contributed by atoms with Crippen molar-refractivity contribution in [2.75, 3.05) is 17.2 Å². The average molecular weight is 357 g/mol. The van der Waals surface area contributed by atoms with Gasteiger partial charge in [0, 0.05) is 11.4 Å². The molecule has 0 aliphatic heterocycles. The maximum Gasteiger partial charge on any atom is 0.262 e. The van der Waals surface area contributed by atoms with Crippen LogP contribution in [0.5, 0.6) is 5.75 Å². The van der Waals surface area contributed by atoms with Gasteiger partial charge in [0.05, 0.1) is 0 Å². The summed E-state index contributed by atoms with van der Waals surface area (Å²) < 4.78 is 5.53. The Balaban J connectivity index is 1.83. The highest BCUT2D eigenvalue weighted by molar-refractivity contribution is 7.80. The Kier molecular flexibility index (Phi) is 6.77. The third kappa shape index (κ3) is 6.08. The summed E-state index contributed by atoms with van der Waals surface area (Å²) in [4.78, 5) is 12.0. The molecule has 0 aliphatic rings. The number of thiocarbonyl (C=S) groups is 1. The summed E-state index contributed by atoms with van der Waals surface area (Å²) >= 11 is 4.77. The first-order valence-electron chi connectivity index (χ1n) is 8.17. The first kappa shape index (κ1) is 18.7. The van der Waals surface area contributed by atoms with E-state index in [4.69, 9.17) is 22.7 Å². The quantitative estimate of drug-likeness (QED) is 0.656. The number of nitrogens with one attached hydrogen (secondary N) is 2. The van der Waals surface area contributed by atoms with Gasteiger partial charge < -0.3 is 21.1 Å². The van der Waals surface area contributed by atoms with Gasteiger partial charge in [0.1, 0.15) is 5.75 Å². The Bertz CT molecular complexity index is 714. The summed E-state index contributed by atoms with van der Waals surface area (Å²) in [6, 6.07) is 14.9. The van der Waals surface area contributed by atoms with Crippen LogP contribution in [0.4, 0.5) is 11.4 Å². The fraction of sp³-hybridized carbons (Fsp3) is 0.263. The highest BCUT2D eigenvalue weighted by atomic mass is 32.1. The molecular formula is C19H23N3O2S. The van der Waals surface area contributed by atoms with Gasteiger partial charge in [0.25, 0.3) is 5.91 Å². The van der Waals surface area contributed by atoms with Crippen LogP contribution in [0.15, 0.2) is 48.5 Å². The number of ether oxygens (including phenoxy) is 1. The highest BCUT2D eigenvalue weighted by Gasteiger charge is 2.06. The topological polar surface area (TPSA) is 76.4 Å². The standard InChI is InChI=1S/C19H23N3O2S/c1-3-13(2)14-4-10-17(11-5-14)24-12-18(23)21-15-6-8-16(9-7-15)22-19(20)25/h4-11,13H,3,12H2,1-2H3,(H,21,23)(H3,20,22,25). The molecule has 0 radical (unpaired) electrons. The molecule has 1 atom stereocenters. The third-order valence-corrected chi connectivity index (χ3v) is 3.97. The zero-order valence-corrected chi connectivity index (χ0v) is 15.2. The maximum atomic E-state index is 12.0. The van der Waals surface area contributed by atoms with Crippen molar-refractivity contribution >= 4 is 34.6 Å². The zero-order chi connectivity index (χ0) is 18.2. The number of rotatable bonds is 7. The summed E-state index contributed by atoms with van der Waals surface area (Å²) in [6.45, 7) is 4.30. The van der Waals surface area contributed by atoms with Crippen LogP contribution in [-0.2, 0) is 4.79 Å². The zero-order valence-electron chi connectivity index (χ0n) is 14.4. The Morgan fingerprint density at radius 2 is 1.64 bits per heavy atom. The lowest BCUT2D eigenvalue weighted by molar-refractivity contribution is -0.118. The Morgan fingerprint density at radius 1 is 1.08 bits per heavy atom. The minimum absolute atomic E-state index is 0.0461. The molecule has 4 N–H and O–H groups in total. The smallest absolute Gasteiger partial charge is 0.262 e. The predicted molar refractivity (Wildman–Crippen MR) is 106 cm³/mol. The van der Waals surface area contributed by atoms with Crippen molar-refractivity contribution in [3.63, 3.8) is 0 Å². The van der Waals surface area contributed by atoms with Crippen molar-refractivity contribution in [3.05, 3.63) is 54.1 Å². The van der Waals surface area contributed by atoms with E-state index in [2.05, 4.69) is 24.5 Å². The number of hydrogen-bond donors (Lipinski definition) is 3. The molecule has 0 saturated carbocycles. The van der Waals surface area contributed by atoms with Crippen LogP contribution in [0.1, 0.15) is 31.7 Å². The number of benzene rings is 2. The molecule has 0 aromatic heterocycles. The highest BCUT2D eigenvalue weighted by Crippen LogP contribution is 2.21. The van der Waals surface area contributed by atoms with Crippen molar-refractivity contribution in [2.24, 2.45) is 5.73 Å². The van der Waals surface area contributed by atoms with Gasteiger partial charge in [-0.05, 0) is 66.5 Å². The van der Waals surface area contributed by atoms with Gasteiger partial charge in [-0.3, -0.25) is 4.79 Å². The van der Waals surface area contributed by atoms with Crippen molar-refractivity contribution < 1.29 is 9.53 Å². The van der Waals surface area contributed by atoms with Gasteiger partial charge in [0.2, 0.25) is 0 Å². The second kappa shape index (κ2) is 9.03. The molecule has 2 aromatic carbocycles. The Morgan fingerprint density at radius 3 is 2.16 bits per heavy atom. The van der Waals surface area contributed by atoms with Crippen molar-refractivity contribution in [1.82, 2.24) is 0 Å². The number of amides is 1. The van der Waals surface area contributed by atoms with Crippen LogP contribution in [0.25, 0.3) is 0 Å². The first-order chi connectivity index (χ1) is 12.0. The number of carbonyl (C=O) groups excluding carboxylic acids is 1. The molecule has 2 aromatic rings. The molecule has 0 saturated heterocycles. The second-order valence-corrected chi connectivity index (χ2v) is 6.22. The van der Waals surface area contributed by atoms with E-state index in [1.165, 1.54) is 5.56 Å². The van der Waals surface area contributed by atoms with Gasteiger partial charge in [-0.15, -0.1) is 0 Å². The van der Waals surface area contributed by atoms with Crippen LogP contribution in [-0.4, -0.2) is 17.6 Å². The number of carbonyl (C=O) groups is 1. The molecule has 2 rings (SSSR count). The lowest BCUT2D eigenvalue weighted by Crippen LogP contribution is -2.20. The first-order valence-corrected chi connectivity index (χ1v) is 8.58. The van der Waals surface area contributed by atoms with E-state index in [0.717, 1.165) is 12.1 Å². The summed E-state index contributed by atoms with van der Waals surface area (Å²) in [5.41, 5.74) is 8.12. The summed E-state index contributed by atoms with van der Waals surface area (Å²) in [5.74, 6) is 0.975. The van der Waals surface area contributed by atoms with Crippen LogP contribution < -0.4 is 21.1 Å². The second-order valence-electron chi connectivity index (χ2n) is 5.78. The van der Waals surface area contributed by atoms with E-state index in [-0.39, 0.29) is 17.6 Å². The molecule has 0 aliphatic carbocycles. The third-order valence-electron chi connectivity index (χ3n) is 3.87. The summed E-state index contributed by atoms with van der Waals surface area (Å²) in [5, 5.41) is 5.79. The normalized spacial score (nSPS) is 11.4. The van der Waals surface area contributed by atoms with Crippen molar-refractivity contribution in [1.29, 1.82) is 0 Å². The molecule has 1 amide bonds. The van der Waals surface area contributed by atoms with Crippen LogP contribution in [0.3, 0.4) is 0 Å². The van der Waals surface area contributed by atoms with Crippen molar-refractivity contribution in [3.8, 4) is 5.75 Å². The lowest BCUT2D eigenvalue weighted by atomic mass is 9.99. The fourth-order valence-corrected chi connectivity index (χ4v) is 2.37. The van der Waals surface area contributed by atoms with Crippen molar-refractivity contribution in [2.45, 2.75) is 26.2 Å².